The fourth-order valence-corrected chi connectivity index (χ4v) is 3.42. The first kappa shape index (κ1) is 19.3. The van der Waals surface area contributed by atoms with E-state index in [-0.39, 0.29) is 11.8 Å². The fraction of sp³-hybridized carbons (Fsp3) is 0.227. The summed E-state index contributed by atoms with van der Waals surface area (Å²) < 4.78 is 12.5. The summed E-state index contributed by atoms with van der Waals surface area (Å²) in [7, 11) is 3.18. The van der Waals surface area contributed by atoms with Crippen LogP contribution in [0.2, 0.25) is 0 Å². The monoisotopic (exact) mass is 403 g/mol. The van der Waals surface area contributed by atoms with Crippen molar-refractivity contribution in [3.8, 4) is 23.3 Å². The molecule has 0 saturated carbocycles. The van der Waals surface area contributed by atoms with Crippen molar-refractivity contribution in [2.45, 2.75) is 5.92 Å². The highest BCUT2D eigenvalue weighted by Gasteiger charge is 2.34. The smallest absolute Gasteiger partial charge is 0.246 e. The summed E-state index contributed by atoms with van der Waals surface area (Å²) in [5.41, 5.74) is 8.04. The van der Waals surface area contributed by atoms with Gasteiger partial charge in [0.25, 0.3) is 0 Å². The second kappa shape index (κ2) is 7.79. The molecule has 30 heavy (non-hydrogen) atoms. The molecule has 1 aliphatic heterocycles. The molecule has 8 nitrogen and oxygen atoms in total. The van der Waals surface area contributed by atoms with E-state index in [9.17, 15) is 4.79 Å². The summed E-state index contributed by atoms with van der Waals surface area (Å²) >= 11 is 0. The Morgan fingerprint density at radius 3 is 2.57 bits per heavy atom. The van der Waals surface area contributed by atoms with Gasteiger partial charge in [-0.1, -0.05) is 12.5 Å². The highest BCUT2D eigenvalue weighted by atomic mass is 16.5. The molecule has 0 aliphatic carbocycles. The molecule has 0 bridgehead atoms. The zero-order valence-electron chi connectivity index (χ0n) is 16.8. The van der Waals surface area contributed by atoms with Gasteiger partial charge in [0.2, 0.25) is 5.91 Å². The van der Waals surface area contributed by atoms with E-state index in [1.165, 1.54) is 6.08 Å². The number of nitrogens with two attached hydrogens (primary N) is 1. The third-order valence-electron chi connectivity index (χ3n) is 5.02. The van der Waals surface area contributed by atoms with Crippen LogP contribution in [-0.4, -0.2) is 52.5 Å². The molecule has 3 heterocycles. The van der Waals surface area contributed by atoms with Crippen LogP contribution in [0.4, 0.5) is 5.82 Å². The lowest BCUT2D eigenvalue weighted by Crippen LogP contribution is -2.48. The number of carbonyl (C=O) groups excluding carboxylic acids is 1. The Hall–Kier alpha value is -3.99. The number of likely N-dealkylation sites (tertiary alicyclic amines) is 1. The summed E-state index contributed by atoms with van der Waals surface area (Å²) in [6, 6.07) is 5.42. The number of carbonyl (C=O) groups is 1. The number of hydrogen-bond donors (Lipinski definition) is 1. The van der Waals surface area contributed by atoms with Gasteiger partial charge in [-0.05, 0) is 24.1 Å². The van der Waals surface area contributed by atoms with Gasteiger partial charge in [0, 0.05) is 37.1 Å². The summed E-state index contributed by atoms with van der Waals surface area (Å²) in [5, 5.41) is 0. The number of benzene rings is 1. The molecule has 0 spiro atoms. The predicted molar refractivity (Wildman–Crippen MR) is 112 cm³/mol. The standard InChI is InChI=1S/C22H21N5O3/c1-4-19(28)26-12-15(13-26)22-25-18(20-21(23)24-7-8-27(20)22)6-5-14-9-16(29-2)11-17(10-14)30-3/h4,7-11,15H,1,12-13H2,2-3H3,(H2,23,24). The number of nitrogens with zero attached hydrogens (tertiary/aromatic N) is 4. The van der Waals surface area contributed by atoms with E-state index in [4.69, 9.17) is 20.2 Å². The maximum atomic E-state index is 11.8. The van der Waals surface area contributed by atoms with Crippen LogP contribution in [0.5, 0.6) is 11.5 Å². The number of aromatic nitrogens is 3. The van der Waals surface area contributed by atoms with Crippen LogP contribution in [0.3, 0.4) is 0 Å². The van der Waals surface area contributed by atoms with Gasteiger partial charge < -0.3 is 20.1 Å². The van der Waals surface area contributed by atoms with Crippen molar-refractivity contribution in [3.63, 3.8) is 0 Å². The van der Waals surface area contributed by atoms with E-state index in [1.54, 1.807) is 31.4 Å². The van der Waals surface area contributed by atoms with Gasteiger partial charge >= 0.3 is 0 Å². The quantitative estimate of drug-likeness (QED) is 0.528. The third kappa shape index (κ3) is 3.42. The number of anilines is 1. The summed E-state index contributed by atoms with van der Waals surface area (Å²) in [6.07, 6.45) is 4.76. The number of methoxy groups -OCH3 is 2. The zero-order valence-corrected chi connectivity index (χ0v) is 16.8. The molecule has 1 fully saturated rings. The molecule has 2 N–H and O–H groups in total. The van der Waals surface area contributed by atoms with E-state index in [0.717, 1.165) is 11.4 Å². The van der Waals surface area contributed by atoms with E-state index >= 15 is 0 Å². The van der Waals surface area contributed by atoms with Gasteiger partial charge in [-0.15, -0.1) is 0 Å². The molecular formula is C22H21N5O3. The van der Waals surface area contributed by atoms with E-state index in [2.05, 4.69) is 23.4 Å². The second-order valence-corrected chi connectivity index (χ2v) is 6.85. The number of rotatable bonds is 4. The number of ether oxygens (including phenoxy) is 2. The lowest BCUT2D eigenvalue weighted by atomic mass is 9.99. The molecule has 8 heteroatoms. The van der Waals surface area contributed by atoms with Crippen molar-refractivity contribution in [3.05, 3.63) is 60.3 Å². The molecular weight excluding hydrogens is 382 g/mol. The molecule has 1 saturated heterocycles. The van der Waals surface area contributed by atoms with Crippen molar-refractivity contribution in [2.24, 2.45) is 0 Å². The minimum atomic E-state index is -0.0831. The number of nitrogen functional groups attached to an aromatic ring is 1. The van der Waals surface area contributed by atoms with Gasteiger partial charge in [-0.2, -0.15) is 0 Å². The zero-order chi connectivity index (χ0) is 21.3. The van der Waals surface area contributed by atoms with Crippen LogP contribution in [0.1, 0.15) is 23.0 Å². The molecule has 3 aromatic rings. The Labute approximate surface area is 173 Å². The molecule has 0 radical (unpaired) electrons. The molecule has 1 amide bonds. The van der Waals surface area contributed by atoms with Crippen molar-refractivity contribution in [1.29, 1.82) is 0 Å². The van der Waals surface area contributed by atoms with Crippen molar-refractivity contribution in [1.82, 2.24) is 19.3 Å². The van der Waals surface area contributed by atoms with Gasteiger partial charge in [0.1, 0.15) is 28.5 Å². The van der Waals surface area contributed by atoms with Crippen LogP contribution in [0, 0.1) is 11.8 Å². The van der Waals surface area contributed by atoms with Gasteiger partial charge in [-0.3, -0.25) is 9.20 Å². The molecule has 1 aliphatic rings. The lowest BCUT2D eigenvalue weighted by Gasteiger charge is -2.37. The largest absolute Gasteiger partial charge is 0.497 e. The molecule has 0 atom stereocenters. The highest BCUT2D eigenvalue weighted by Crippen LogP contribution is 2.29. The molecule has 0 unspecified atom stereocenters. The molecule has 1 aromatic carbocycles. The molecule has 2 aromatic heterocycles. The fourth-order valence-electron chi connectivity index (χ4n) is 3.42. The second-order valence-electron chi connectivity index (χ2n) is 6.85. The lowest BCUT2D eigenvalue weighted by molar-refractivity contribution is -0.130. The van der Waals surface area contributed by atoms with Crippen LogP contribution >= 0.6 is 0 Å². The first-order valence-electron chi connectivity index (χ1n) is 9.33. The predicted octanol–water partition coefficient (Wildman–Crippen LogP) is 1.84. The average molecular weight is 403 g/mol. The van der Waals surface area contributed by atoms with Gasteiger partial charge in [-0.25, -0.2) is 9.97 Å². The maximum absolute atomic E-state index is 11.8. The number of fused-ring (bicyclic) bond motifs is 1. The number of hydrogen-bond acceptors (Lipinski definition) is 6. The minimum absolute atomic E-state index is 0.0831. The van der Waals surface area contributed by atoms with Crippen LogP contribution < -0.4 is 15.2 Å². The van der Waals surface area contributed by atoms with Crippen LogP contribution in [0.25, 0.3) is 5.52 Å². The minimum Gasteiger partial charge on any atom is -0.497 e. The Bertz CT molecular complexity index is 1180. The Morgan fingerprint density at radius 2 is 1.93 bits per heavy atom. The van der Waals surface area contributed by atoms with E-state index in [0.29, 0.717) is 41.6 Å². The number of imidazole rings is 1. The van der Waals surface area contributed by atoms with E-state index in [1.807, 2.05) is 22.7 Å². The van der Waals surface area contributed by atoms with Crippen molar-refractivity contribution < 1.29 is 14.3 Å². The first-order valence-corrected chi connectivity index (χ1v) is 9.33. The topological polar surface area (TPSA) is 95.0 Å². The van der Waals surface area contributed by atoms with Gasteiger partial charge in [0.05, 0.1) is 20.1 Å². The maximum Gasteiger partial charge on any atom is 0.246 e. The summed E-state index contributed by atoms with van der Waals surface area (Å²) in [6.45, 7) is 4.68. The first-order chi connectivity index (χ1) is 14.5. The van der Waals surface area contributed by atoms with Crippen molar-refractivity contribution in [2.75, 3.05) is 33.0 Å². The van der Waals surface area contributed by atoms with Crippen molar-refractivity contribution >= 4 is 17.2 Å². The Balaban J connectivity index is 1.72. The summed E-state index contributed by atoms with van der Waals surface area (Å²) in [5.74, 6) is 8.68. The normalized spacial score (nSPS) is 13.3. The highest BCUT2D eigenvalue weighted by molar-refractivity contribution is 5.87. The average Bonchev–Trinajstić information content (AvgIpc) is 3.10. The Kier molecular flexibility index (Phi) is 5.02. The Morgan fingerprint density at radius 1 is 1.23 bits per heavy atom. The molecule has 152 valence electrons. The summed E-state index contributed by atoms with van der Waals surface area (Å²) in [4.78, 5) is 22.4. The van der Waals surface area contributed by atoms with E-state index < -0.39 is 0 Å². The van der Waals surface area contributed by atoms with Crippen LogP contribution in [-0.2, 0) is 4.79 Å². The van der Waals surface area contributed by atoms with Gasteiger partial charge in [0.15, 0.2) is 5.82 Å². The number of amides is 1. The molecule has 4 rings (SSSR count). The van der Waals surface area contributed by atoms with Crippen LogP contribution in [0.15, 0.2) is 43.2 Å². The SMILES string of the molecule is C=CC(=O)N1CC(c2nc(C#Cc3cc(OC)cc(OC)c3)c3c(N)nccn23)C1. The third-order valence-corrected chi connectivity index (χ3v) is 5.02.